The van der Waals surface area contributed by atoms with Gasteiger partial charge < -0.3 is 24.9 Å². The minimum Gasteiger partial charge on any atom is -0.360 e. The molecule has 0 bridgehead atoms. The Morgan fingerprint density at radius 1 is 1.05 bits per heavy atom. The minimum atomic E-state index is -1.65. The average Bonchev–Trinajstić information content (AvgIpc) is 3.32. The highest BCUT2D eigenvalue weighted by atomic mass is 35.5. The van der Waals surface area contributed by atoms with Gasteiger partial charge in [0.15, 0.2) is 11.6 Å². The summed E-state index contributed by atoms with van der Waals surface area (Å²) in [4.78, 5) is 56.9. The highest BCUT2D eigenvalue weighted by Gasteiger charge is 2.37. The number of aliphatic imine (C=N–C) groups is 2. The van der Waals surface area contributed by atoms with Gasteiger partial charge in [0, 0.05) is 46.0 Å². The lowest BCUT2D eigenvalue weighted by Gasteiger charge is -2.35. The Morgan fingerprint density at radius 3 is 2.32 bits per heavy atom. The lowest BCUT2D eigenvalue weighted by Crippen LogP contribution is -2.52. The standard InChI is InChI=1S/C27H31ClF2N8O3/c1-27(31-14-21(34-27)18-13-20(29)24(36(4)5)33-23(18)30)26(41)32-16-6-7-17(19(28)12-16)25(40)38-10-8-37(9-11-38)22(39)15-35(2)3/h6-7,12-14H,8-11,15H2,1-5H3,(H,32,41). The molecule has 0 spiro atoms. The van der Waals surface area contributed by atoms with Crippen LogP contribution in [-0.4, -0.2) is 116 Å². The van der Waals surface area contributed by atoms with Crippen molar-refractivity contribution in [3.63, 3.8) is 0 Å². The van der Waals surface area contributed by atoms with Crippen LogP contribution in [0.4, 0.5) is 20.3 Å². The van der Waals surface area contributed by atoms with Crippen LogP contribution in [0.1, 0.15) is 22.8 Å². The molecular weight excluding hydrogens is 558 g/mol. The lowest BCUT2D eigenvalue weighted by molar-refractivity contribution is -0.133. The van der Waals surface area contributed by atoms with E-state index in [1.807, 2.05) is 14.1 Å². The van der Waals surface area contributed by atoms with Crippen molar-refractivity contribution in [2.45, 2.75) is 12.6 Å². The molecule has 0 saturated carbocycles. The summed E-state index contributed by atoms with van der Waals surface area (Å²) in [6, 6.07) is 5.44. The molecule has 14 heteroatoms. The van der Waals surface area contributed by atoms with Crippen molar-refractivity contribution in [2.75, 3.05) is 71.1 Å². The van der Waals surface area contributed by atoms with E-state index in [1.165, 1.54) is 50.3 Å². The summed E-state index contributed by atoms with van der Waals surface area (Å²) in [5.74, 6) is -2.77. The first-order valence-electron chi connectivity index (χ1n) is 12.8. The third kappa shape index (κ3) is 6.51. The van der Waals surface area contributed by atoms with Crippen molar-refractivity contribution < 1.29 is 23.2 Å². The van der Waals surface area contributed by atoms with E-state index < -0.39 is 23.3 Å². The first-order valence-corrected chi connectivity index (χ1v) is 13.2. The summed E-state index contributed by atoms with van der Waals surface area (Å²) in [5.41, 5.74) is -1.34. The van der Waals surface area contributed by atoms with Gasteiger partial charge in [-0.15, -0.1) is 0 Å². The maximum Gasteiger partial charge on any atom is 0.274 e. The third-order valence-corrected chi connectivity index (χ3v) is 6.96. The number of anilines is 2. The Hall–Kier alpha value is -3.97. The van der Waals surface area contributed by atoms with Crippen molar-refractivity contribution in [1.29, 1.82) is 0 Å². The molecular formula is C27H31ClF2N8O3. The zero-order valence-electron chi connectivity index (χ0n) is 23.4. The van der Waals surface area contributed by atoms with E-state index in [1.54, 1.807) is 14.7 Å². The molecule has 3 amide bonds. The van der Waals surface area contributed by atoms with Gasteiger partial charge in [-0.05, 0) is 45.3 Å². The Bertz CT molecular complexity index is 1440. The number of piperazine rings is 1. The predicted molar refractivity (Wildman–Crippen MR) is 153 cm³/mol. The van der Waals surface area contributed by atoms with Crippen LogP contribution in [0, 0.1) is 11.8 Å². The second kappa shape index (κ2) is 11.9. The van der Waals surface area contributed by atoms with Crippen molar-refractivity contribution in [3.8, 4) is 0 Å². The molecule has 1 N–H and O–H groups in total. The minimum absolute atomic E-state index is 0.00757. The molecule has 218 valence electrons. The van der Waals surface area contributed by atoms with Crippen LogP contribution >= 0.6 is 11.6 Å². The van der Waals surface area contributed by atoms with Gasteiger partial charge in [0.05, 0.1) is 34.6 Å². The number of pyridine rings is 1. The molecule has 2 aromatic rings. The van der Waals surface area contributed by atoms with Crippen molar-refractivity contribution in [3.05, 3.63) is 52.2 Å². The number of halogens is 3. The van der Waals surface area contributed by atoms with Crippen LogP contribution in [0.15, 0.2) is 34.3 Å². The van der Waals surface area contributed by atoms with Crippen LogP contribution in [0.3, 0.4) is 0 Å². The summed E-state index contributed by atoms with van der Waals surface area (Å²) in [7, 11) is 6.72. The van der Waals surface area contributed by atoms with Gasteiger partial charge in [-0.1, -0.05) is 11.6 Å². The molecule has 3 heterocycles. The van der Waals surface area contributed by atoms with Crippen molar-refractivity contribution in [2.24, 2.45) is 9.98 Å². The van der Waals surface area contributed by atoms with E-state index in [2.05, 4.69) is 20.3 Å². The summed E-state index contributed by atoms with van der Waals surface area (Å²) in [6.07, 6.45) is 1.19. The first-order chi connectivity index (χ1) is 19.3. The van der Waals surface area contributed by atoms with Gasteiger partial charge in [0.2, 0.25) is 17.5 Å². The summed E-state index contributed by atoms with van der Waals surface area (Å²) in [6.45, 7) is 3.34. The quantitative estimate of drug-likeness (QED) is 0.496. The van der Waals surface area contributed by atoms with Crippen LogP contribution in [0.5, 0.6) is 0 Å². The highest BCUT2D eigenvalue weighted by Crippen LogP contribution is 2.27. The number of amides is 3. The maximum atomic E-state index is 14.6. The van der Waals surface area contributed by atoms with E-state index in [4.69, 9.17) is 11.6 Å². The number of benzene rings is 1. The highest BCUT2D eigenvalue weighted by molar-refractivity contribution is 6.40. The van der Waals surface area contributed by atoms with Crippen LogP contribution in [0.25, 0.3) is 0 Å². The largest absolute Gasteiger partial charge is 0.360 e. The molecule has 0 radical (unpaired) electrons. The third-order valence-electron chi connectivity index (χ3n) is 6.65. The van der Waals surface area contributed by atoms with Crippen LogP contribution in [-0.2, 0) is 9.59 Å². The number of hydrogen-bond donors (Lipinski definition) is 1. The van der Waals surface area contributed by atoms with E-state index in [9.17, 15) is 23.2 Å². The smallest absolute Gasteiger partial charge is 0.274 e. The van der Waals surface area contributed by atoms with Gasteiger partial charge in [0.1, 0.15) is 0 Å². The van der Waals surface area contributed by atoms with Gasteiger partial charge in [-0.2, -0.15) is 9.37 Å². The van der Waals surface area contributed by atoms with Gasteiger partial charge in [-0.25, -0.2) is 9.38 Å². The molecule has 2 aliphatic rings. The Kier molecular flexibility index (Phi) is 8.69. The van der Waals surface area contributed by atoms with E-state index in [-0.39, 0.29) is 39.5 Å². The molecule has 0 aliphatic carbocycles. The number of nitrogens with zero attached hydrogens (tertiary/aromatic N) is 7. The van der Waals surface area contributed by atoms with Gasteiger partial charge >= 0.3 is 0 Å². The van der Waals surface area contributed by atoms with Gasteiger partial charge in [0.25, 0.3) is 11.8 Å². The zero-order chi connectivity index (χ0) is 30.1. The molecule has 1 atom stereocenters. The molecule has 2 aliphatic heterocycles. The van der Waals surface area contributed by atoms with E-state index in [0.717, 1.165) is 6.07 Å². The second-order valence-corrected chi connectivity index (χ2v) is 10.8. The van der Waals surface area contributed by atoms with E-state index in [0.29, 0.717) is 38.4 Å². The van der Waals surface area contributed by atoms with Crippen LogP contribution < -0.4 is 10.2 Å². The van der Waals surface area contributed by atoms with Crippen molar-refractivity contribution >= 4 is 52.8 Å². The fraction of sp³-hybridized carbons (Fsp3) is 0.407. The molecule has 1 aromatic carbocycles. The number of likely N-dealkylation sites (N-methyl/N-ethyl adjacent to an activating group) is 1. The topological polar surface area (TPSA) is 114 Å². The number of carbonyl (C=O) groups is 3. The maximum absolute atomic E-state index is 14.6. The normalized spacial score (nSPS) is 18.5. The lowest BCUT2D eigenvalue weighted by atomic mass is 10.1. The Labute approximate surface area is 241 Å². The Balaban J connectivity index is 1.42. The van der Waals surface area contributed by atoms with Crippen molar-refractivity contribution in [1.82, 2.24) is 19.7 Å². The Morgan fingerprint density at radius 2 is 1.71 bits per heavy atom. The van der Waals surface area contributed by atoms with Gasteiger partial charge in [-0.3, -0.25) is 19.4 Å². The average molecular weight is 589 g/mol. The number of nitrogens with one attached hydrogen (secondary N) is 1. The summed E-state index contributed by atoms with van der Waals surface area (Å²) < 4.78 is 29.0. The monoisotopic (exact) mass is 588 g/mol. The zero-order valence-corrected chi connectivity index (χ0v) is 24.2. The summed E-state index contributed by atoms with van der Waals surface area (Å²) in [5, 5.41) is 2.79. The molecule has 1 unspecified atom stereocenters. The predicted octanol–water partition coefficient (Wildman–Crippen LogP) is 2.15. The molecule has 11 nitrogen and oxygen atoms in total. The van der Waals surface area contributed by atoms with Crippen LogP contribution in [0.2, 0.25) is 5.02 Å². The molecule has 1 aromatic heterocycles. The first kappa shape index (κ1) is 30.0. The fourth-order valence-electron chi connectivity index (χ4n) is 4.38. The van der Waals surface area contributed by atoms with E-state index >= 15 is 0 Å². The number of hydrogen-bond acceptors (Lipinski definition) is 8. The number of carbonyl (C=O) groups excluding carboxylic acids is 3. The number of aromatic nitrogens is 1. The summed E-state index contributed by atoms with van der Waals surface area (Å²) >= 11 is 6.41. The molecule has 1 saturated heterocycles. The molecule has 4 rings (SSSR count). The molecule has 1 fully saturated rings. The number of rotatable bonds is 7. The fourth-order valence-corrected chi connectivity index (χ4v) is 4.65. The SMILES string of the molecule is CN(C)CC(=O)N1CCN(C(=O)c2ccc(NC(=O)C3(C)N=CC(c4cc(F)c(N(C)C)nc4F)=N3)cc2Cl)CC1. The molecule has 41 heavy (non-hydrogen) atoms. The second-order valence-electron chi connectivity index (χ2n) is 10.4.